The van der Waals surface area contributed by atoms with Crippen LogP contribution in [-0.4, -0.2) is 18.9 Å². The van der Waals surface area contributed by atoms with Gasteiger partial charge in [-0.25, -0.2) is 5.32 Å². The van der Waals surface area contributed by atoms with E-state index in [9.17, 15) is 4.79 Å². The summed E-state index contributed by atoms with van der Waals surface area (Å²) in [6.45, 7) is 3.33. The molecular weight excluding hydrogens is 186 g/mol. The van der Waals surface area contributed by atoms with Crippen LogP contribution in [0.1, 0.15) is 25.3 Å². The van der Waals surface area contributed by atoms with Gasteiger partial charge in [0.2, 0.25) is 0 Å². The second-order valence-electron chi connectivity index (χ2n) is 4.18. The lowest BCUT2D eigenvalue weighted by Crippen LogP contribution is -2.42. The molecule has 0 N–H and O–H groups in total. The van der Waals surface area contributed by atoms with E-state index in [1.54, 1.807) is 6.92 Å². The number of hydrogen-bond acceptors (Lipinski definition) is 1. The average molecular weight is 202 g/mol. The van der Waals surface area contributed by atoms with Crippen LogP contribution in [0.15, 0.2) is 30.3 Å². The highest BCUT2D eigenvalue weighted by molar-refractivity contribution is 5.88. The van der Waals surface area contributed by atoms with Crippen molar-refractivity contribution in [3.05, 3.63) is 35.9 Å². The Bertz CT molecular complexity index is 339. The molecule has 0 saturated carbocycles. The zero-order valence-corrected chi connectivity index (χ0v) is 9.07. The normalized spacial score (nSPS) is 19.8. The number of carbonyl (C=O) groups is 1. The topological polar surface area (TPSA) is 31.2 Å². The van der Waals surface area contributed by atoms with E-state index in [1.807, 2.05) is 18.2 Å². The van der Waals surface area contributed by atoms with E-state index in [2.05, 4.69) is 17.4 Å². The van der Waals surface area contributed by atoms with Crippen molar-refractivity contribution in [3.63, 3.8) is 0 Å². The second-order valence-corrected chi connectivity index (χ2v) is 4.18. The molecule has 0 unspecified atom stereocenters. The summed E-state index contributed by atoms with van der Waals surface area (Å²) in [5.41, 5.74) is 0.899. The molecule has 79 valence electrons. The standard InChI is InChI=1S/C13H16NO/c1-11(15)13(7-9-14-10-8-13)12-5-3-2-4-6-12/h2-6H,7-10H2,1H3. The van der Waals surface area contributed by atoms with Crippen LogP contribution in [0.25, 0.3) is 0 Å². The molecule has 1 aromatic rings. The molecule has 2 nitrogen and oxygen atoms in total. The Hall–Kier alpha value is -1.15. The summed E-state index contributed by atoms with van der Waals surface area (Å²) in [6, 6.07) is 10.1. The van der Waals surface area contributed by atoms with Gasteiger partial charge in [-0.1, -0.05) is 30.3 Å². The number of carbonyl (C=O) groups excluding carboxylic acids is 1. The molecule has 1 radical (unpaired) electrons. The Kier molecular flexibility index (Phi) is 2.87. The maximum atomic E-state index is 11.9. The SMILES string of the molecule is CC(=O)C1(c2ccccc2)CC[N]CC1. The number of benzene rings is 1. The van der Waals surface area contributed by atoms with Crippen LogP contribution in [0.3, 0.4) is 0 Å². The van der Waals surface area contributed by atoms with Crippen molar-refractivity contribution in [1.82, 2.24) is 5.32 Å². The molecule has 1 saturated heterocycles. The van der Waals surface area contributed by atoms with Crippen molar-refractivity contribution in [2.45, 2.75) is 25.2 Å². The van der Waals surface area contributed by atoms with E-state index in [-0.39, 0.29) is 11.2 Å². The first-order chi connectivity index (χ1) is 7.26. The first-order valence-corrected chi connectivity index (χ1v) is 5.45. The Morgan fingerprint density at radius 1 is 1.20 bits per heavy atom. The van der Waals surface area contributed by atoms with Crippen molar-refractivity contribution in [2.24, 2.45) is 0 Å². The summed E-state index contributed by atoms with van der Waals surface area (Å²) in [7, 11) is 0. The van der Waals surface area contributed by atoms with E-state index in [1.165, 1.54) is 0 Å². The molecule has 0 aliphatic carbocycles. The summed E-state index contributed by atoms with van der Waals surface area (Å²) in [5, 5.41) is 4.33. The predicted molar refractivity (Wildman–Crippen MR) is 59.9 cm³/mol. The van der Waals surface area contributed by atoms with Gasteiger partial charge in [-0.2, -0.15) is 0 Å². The molecule has 1 fully saturated rings. The number of nitrogens with zero attached hydrogens (tertiary/aromatic N) is 1. The third kappa shape index (κ3) is 1.82. The average Bonchev–Trinajstić information content (AvgIpc) is 2.31. The van der Waals surface area contributed by atoms with Crippen LogP contribution in [0.5, 0.6) is 0 Å². The van der Waals surface area contributed by atoms with Gasteiger partial charge in [0, 0.05) is 13.1 Å². The molecule has 1 aliphatic heterocycles. The minimum Gasteiger partial charge on any atom is -0.299 e. The fourth-order valence-corrected chi connectivity index (χ4v) is 2.38. The minimum atomic E-state index is -0.261. The fourth-order valence-electron chi connectivity index (χ4n) is 2.38. The highest BCUT2D eigenvalue weighted by Crippen LogP contribution is 2.34. The van der Waals surface area contributed by atoms with Crippen LogP contribution >= 0.6 is 0 Å². The highest BCUT2D eigenvalue weighted by Gasteiger charge is 2.38. The van der Waals surface area contributed by atoms with Crippen LogP contribution in [-0.2, 0) is 10.2 Å². The summed E-state index contributed by atoms with van der Waals surface area (Å²) < 4.78 is 0. The molecule has 15 heavy (non-hydrogen) atoms. The molecule has 0 aromatic heterocycles. The first kappa shape index (κ1) is 10.4. The molecule has 1 aliphatic rings. The van der Waals surface area contributed by atoms with Crippen LogP contribution in [0, 0.1) is 0 Å². The first-order valence-electron chi connectivity index (χ1n) is 5.45. The zero-order chi connectivity index (χ0) is 10.7. The molecule has 0 bridgehead atoms. The van der Waals surface area contributed by atoms with Crippen molar-refractivity contribution < 1.29 is 4.79 Å². The van der Waals surface area contributed by atoms with Gasteiger partial charge in [-0.15, -0.1) is 0 Å². The summed E-state index contributed by atoms with van der Waals surface area (Å²) in [5.74, 6) is 0.281. The van der Waals surface area contributed by atoms with Gasteiger partial charge in [-0.3, -0.25) is 4.79 Å². The number of hydrogen-bond donors (Lipinski definition) is 0. The molecule has 0 atom stereocenters. The third-order valence-corrected chi connectivity index (χ3v) is 3.39. The Morgan fingerprint density at radius 3 is 2.33 bits per heavy atom. The zero-order valence-electron chi connectivity index (χ0n) is 9.07. The van der Waals surface area contributed by atoms with E-state index < -0.39 is 0 Å². The number of piperidine rings is 1. The van der Waals surface area contributed by atoms with E-state index in [4.69, 9.17) is 0 Å². The molecule has 2 heteroatoms. The second kappa shape index (κ2) is 4.15. The molecule has 1 heterocycles. The third-order valence-electron chi connectivity index (χ3n) is 3.39. The Balaban J connectivity index is 2.38. The van der Waals surface area contributed by atoms with E-state index in [0.717, 1.165) is 31.5 Å². The summed E-state index contributed by atoms with van der Waals surface area (Å²) >= 11 is 0. The largest absolute Gasteiger partial charge is 0.299 e. The Labute approximate surface area is 90.7 Å². The molecule has 1 aromatic carbocycles. The van der Waals surface area contributed by atoms with Crippen LogP contribution < -0.4 is 5.32 Å². The van der Waals surface area contributed by atoms with E-state index in [0.29, 0.717) is 0 Å². The maximum absolute atomic E-state index is 11.9. The molecule has 0 amide bonds. The number of Topliss-reactive ketones (excluding diaryl/α,β-unsaturated/α-hetero) is 1. The van der Waals surface area contributed by atoms with Crippen molar-refractivity contribution in [3.8, 4) is 0 Å². The van der Waals surface area contributed by atoms with Gasteiger partial charge >= 0.3 is 0 Å². The lowest BCUT2D eigenvalue weighted by atomic mass is 9.70. The van der Waals surface area contributed by atoms with E-state index >= 15 is 0 Å². The molecule has 0 spiro atoms. The highest BCUT2D eigenvalue weighted by atomic mass is 16.1. The van der Waals surface area contributed by atoms with Gasteiger partial charge in [-0.05, 0) is 25.3 Å². The molecule has 2 rings (SSSR count). The van der Waals surface area contributed by atoms with Gasteiger partial charge < -0.3 is 0 Å². The molecular formula is C13H16NO. The lowest BCUT2D eigenvalue weighted by Gasteiger charge is -2.35. The van der Waals surface area contributed by atoms with Crippen LogP contribution in [0.4, 0.5) is 0 Å². The monoisotopic (exact) mass is 202 g/mol. The number of ketones is 1. The predicted octanol–water partition coefficient (Wildman–Crippen LogP) is 1.91. The maximum Gasteiger partial charge on any atom is 0.140 e. The van der Waals surface area contributed by atoms with Gasteiger partial charge in [0.05, 0.1) is 5.41 Å². The summed E-state index contributed by atoms with van der Waals surface area (Å²) in [6.07, 6.45) is 1.73. The van der Waals surface area contributed by atoms with Crippen molar-refractivity contribution in [1.29, 1.82) is 0 Å². The lowest BCUT2D eigenvalue weighted by molar-refractivity contribution is -0.123. The van der Waals surface area contributed by atoms with Gasteiger partial charge in [0.1, 0.15) is 5.78 Å². The Morgan fingerprint density at radius 2 is 1.80 bits per heavy atom. The van der Waals surface area contributed by atoms with Gasteiger partial charge in [0.15, 0.2) is 0 Å². The van der Waals surface area contributed by atoms with Crippen molar-refractivity contribution >= 4 is 5.78 Å². The van der Waals surface area contributed by atoms with Gasteiger partial charge in [0.25, 0.3) is 0 Å². The fraction of sp³-hybridized carbons (Fsp3) is 0.462. The minimum absolute atomic E-state index is 0.261. The van der Waals surface area contributed by atoms with Crippen molar-refractivity contribution in [2.75, 3.05) is 13.1 Å². The van der Waals surface area contributed by atoms with Crippen LogP contribution in [0.2, 0.25) is 0 Å². The quantitative estimate of drug-likeness (QED) is 0.720. The number of rotatable bonds is 2. The summed E-state index contributed by atoms with van der Waals surface area (Å²) in [4.78, 5) is 11.9. The smallest absolute Gasteiger partial charge is 0.140 e.